The van der Waals surface area contributed by atoms with Crippen LogP contribution in [0.1, 0.15) is 21.7 Å². The first-order chi connectivity index (χ1) is 14.0. The number of thiophene rings is 1. The van der Waals surface area contributed by atoms with Gasteiger partial charge in [-0.3, -0.25) is 9.36 Å². The molecule has 0 amide bonds. The lowest BCUT2D eigenvalue weighted by Crippen LogP contribution is -2.21. The van der Waals surface area contributed by atoms with Gasteiger partial charge in [0.15, 0.2) is 0 Å². The molecule has 0 aliphatic carbocycles. The summed E-state index contributed by atoms with van der Waals surface area (Å²) in [6, 6.07) is 7.11. The molecule has 0 bridgehead atoms. The minimum absolute atomic E-state index is 0.161. The molecule has 9 heteroatoms. The van der Waals surface area contributed by atoms with Crippen molar-refractivity contribution in [1.82, 2.24) is 9.55 Å². The van der Waals surface area contributed by atoms with Crippen molar-refractivity contribution in [2.45, 2.75) is 19.9 Å². The van der Waals surface area contributed by atoms with Gasteiger partial charge < -0.3 is 14.2 Å². The average molecular weight is 437 g/mol. The molecule has 2 heterocycles. The summed E-state index contributed by atoms with van der Waals surface area (Å²) in [5.41, 5.74) is 0.419. The Hall–Kier alpha value is -2.42. The third kappa shape index (κ3) is 5.14. The molecule has 0 aliphatic rings. The summed E-state index contributed by atoms with van der Waals surface area (Å²) in [5, 5.41) is 1.10. The third-order valence-electron chi connectivity index (χ3n) is 4.25. The summed E-state index contributed by atoms with van der Waals surface area (Å²) < 4.78 is 17.2. The highest BCUT2D eigenvalue weighted by Gasteiger charge is 2.20. The molecule has 0 saturated heterocycles. The van der Waals surface area contributed by atoms with Crippen LogP contribution in [0.3, 0.4) is 0 Å². The van der Waals surface area contributed by atoms with Gasteiger partial charge in [0.25, 0.3) is 5.56 Å². The Bertz CT molecular complexity index is 1050. The largest absolute Gasteiger partial charge is 0.494 e. The fourth-order valence-electron chi connectivity index (χ4n) is 2.75. The van der Waals surface area contributed by atoms with Gasteiger partial charge in [-0.05, 0) is 43.2 Å². The predicted octanol–water partition coefficient (Wildman–Crippen LogP) is 3.69. The highest BCUT2D eigenvalue weighted by atomic mass is 35.5. The van der Waals surface area contributed by atoms with Crippen molar-refractivity contribution >= 4 is 39.1 Å². The number of benzene rings is 1. The quantitative estimate of drug-likeness (QED) is 0.376. The lowest BCUT2D eigenvalue weighted by atomic mass is 10.2. The number of hydrogen-bond acceptors (Lipinski definition) is 7. The van der Waals surface area contributed by atoms with Gasteiger partial charge in [-0.2, -0.15) is 0 Å². The highest BCUT2D eigenvalue weighted by Crippen LogP contribution is 2.27. The molecule has 1 aromatic carbocycles. The smallest absolute Gasteiger partial charge is 0.348 e. The van der Waals surface area contributed by atoms with E-state index in [0.29, 0.717) is 51.9 Å². The molecule has 0 spiro atoms. The summed E-state index contributed by atoms with van der Waals surface area (Å²) in [4.78, 5) is 30.4. The van der Waals surface area contributed by atoms with Crippen LogP contribution in [0.15, 0.2) is 35.4 Å². The van der Waals surface area contributed by atoms with E-state index in [0.717, 1.165) is 17.1 Å². The monoisotopic (exact) mass is 436 g/mol. The standard InChI is InChI=1S/C20H21ClN2O5S/c1-13-16-18(29-17(13)20(25)28-11-10-26-2)22-12-23(19(16)24)8-3-9-27-15-6-4-14(21)5-7-15/h4-7,12H,3,8-11H2,1-2H3. The molecule has 7 nitrogen and oxygen atoms in total. The normalized spacial score (nSPS) is 11.0. The first kappa shape index (κ1) is 21.3. The number of aryl methyl sites for hydroxylation is 2. The average Bonchev–Trinajstić information content (AvgIpc) is 3.05. The summed E-state index contributed by atoms with van der Waals surface area (Å²) in [5.74, 6) is 0.255. The number of fused-ring (bicyclic) bond motifs is 1. The zero-order chi connectivity index (χ0) is 20.8. The number of rotatable bonds is 9. The van der Waals surface area contributed by atoms with Crippen LogP contribution in [0.2, 0.25) is 5.02 Å². The van der Waals surface area contributed by atoms with Crippen LogP contribution in [0.5, 0.6) is 5.75 Å². The first-order valence-electron chi connectivity index (χ1n) is 9.04. The number of esters is 1. The Labute approximate surface area is 176 Å². The molecule has 0 atom stereocenters. The van der Waals surface area contributed by atoms with E-state index in [9.17, 15) is 9.59 Å². The number of carbonyl (C=O) groups is 1. The second-order valence-corrected chi connectivity index (χ2v) is 7.70. The molecule has 0 N–H and O–H groups in total. The van der Waals surface area contributed by atoms with Crippen molar-refractivity contribution in [1.29, 1.82) is 0 Å². The predicted molar refractivity (Wildman–Crippen MR) is 112 cm³/mol. The van der Waals surface area contributed by atoms with Gasteiger partial charge in [0, 0.05) is 18.7 Å². The fourth-order valence-corrected chi connectivity index (χ4v) is 3.91. The van der Waals surface area contributed by atoms with E-state index in [1.54, 1.807) is 31.2 Å². The first-order valence-corrected chi connectivity index (χ1v) is 10.2. The van der Waals surface area contributed by atoms with Crippen LogP contribution in [0, 0.1) is 6.92 Å². The van der Waals surface area contributed by atoms with Crippen LogP contribution >= 0.6 is 22.9 Å². The molecule has 3 aromatic rings. The van der Waals surface area contributed by atoms with Crippen LogP contribution in [-0.4, -0.2) is 42.5 Å². The van der Waals surface area contributed by atoms with Crippen LogP contribution in [0.4, 0.5) is 0 Å². The van der Waals surface area contributed by atoms with E-state index in [1.165, 1.54) is 18.0 Å². The second-order valence-electron chi connectivity index (χ2n) is 6.26. The van der Waals surface area contributed by atoms with E-state index in [2.05, 4.69) is 4.98 Å². The van der Waals surface area contributed by atoms with Gasteiger partial charge in [-0.25, -0.2) is 9.78 Å². The molecule has 3 rings (SSSR count). The maximum Gasteiger partial charge on any atom is 0.348 e. The molecule has 0 saturated carbocycles. The van der Waals surface area contributed by atoms with Gasteiger partial charge >= 0.3 is 5.97 Å². The highest BCUT2D eigenvalue weighted by molar-refractivity contribution is 7.20. The number of halogens is 1. The number of methoxy groups -OCH3 is 1. The van der Waals surface area contributed by atoms with E-state index in [-0.39, 0.29) is 12.2 Å². The van der Waals surface area contributed by atoms with Gasteiger partial charge in [-0.1, -0.05) is 11.6 Å². The molecule has 0 unspecified atom stereocenters. The third-order valence-corrected chi connectivity index (χ3v) is 5.68. The lowest BCUT2D eigenvalue weighted by molar-refractivity contribution is 0.0393. The number of ether oxygens (including phenoxy) is 3. The van der Waals surface area contributed by atoms with E-state index >= 15 is 0 Å². The molecule has 154 valence electrons. The maximum absolute atomic E-state index is 12.8. The minimum Gasteiger partial charge on any atom is -0.494 e. The lowest BCUT2D eigenvalue weighted by Gasteiger charge is -2.08. The van der Waals surface area contributed by atoms with Crippen molar-refractivity contribution in [2.75, 3.05) is 26.9 Å². The van der Waals surface area contributed by atoms with Gasteiger partial charge in [0.1, 0.15) is 22.1 Å². The van der Waals surface area contributed by atoms with E-state index in [1.807, 2.05) is 0 Å². The van der Waals surface area contributed by atoms with E-state index in [4.69, 9.17) is 25.8 Å². The summed E-state index contributed by atoms with van der Waals surface area (Å²) >= 11 is 7.01. The molecule has 2 aromatic heterocycles. The number of hydrogen-bond donors (Lipinski definition) is 0. The van der Waals surface area contributed by atoms with Crippen LogP contribution in [-0.2, 0) is 16.0 Å². The number of nitrogens with zero attached hydrogens (tertiary/aromatic N) is 2. The topological polar surface area (TPSA) is 79.7 Å². The SMILES string of the molecule is COCCOC(=O)c1sc2ncn(CCCOc3ccc(Cl)cc3)c(=O)c2c1C. The van der Waals surface area contributed by atoms with Gasteiger partial charge in [0.2, 0.25) is 0 Å². The zero-order valence-electron chi connectivity index (χ0n) is 16.1. The minimum atomic E-state index is -0.468. The van der Waals surface area contributed by atoms with Crippen LogP contribution in [0.25, 0.3) is 10.2 Å². The van der Waals surface area contributed by atoms with E-state index < -0.39 is 5.97 Å². The Morgan fingerprint density at radius 3 is 2.69 bits per heavy atom. The Morgan fingerprint density at radius 2 is 1.97 bits per heavy atom. The molecule has 0 fully saturated rings. The Kier molecular flexibility index (Phi) is 7.24. The number of aromatic nitrogens is 2. The van der Waals surface area contributed by atoms with Crippen molar-refractivity contribution in [3.63, 3.8) is 0 Å². The molecule has 29 heavy (non-hydrogen) atoms. The van der Waals surface area contributed by atoms with Crippen molar-refractivity contribution in [3.8, 4) is 5.75 Å². The summed E-state index contributed by atoms with van der Waals surface area (Å²) in [7, 11) is 1.53. The zero-order valence-corrected chi connectivity index (χ0v) is 17.7. The van der Waals surface area contributed by atoms with Gasteiger partial charge in [-0.15, -0.1) is 11.3 Å². The maximum atomic E-state index is 12.8. The number of carbonyl (C=O) groups excluding carboxylic acids is 1. The van der Waals surface area contributed by atoms with Crippen molar-refractivity contribution in [3.05, 3.63) is 56.4 Å². The molecular formula is C20H21ClN2O5S. The summed E-state index contributed by atoms with van der Waals surface area (Å²) in [6.07, 6.45) is 2.13. The second kappa shape index (κ2) is 9.87. The molecular weight excluding hydrogens is 416 g/mol. The Balaban J connectivity index is 1.67. The Morgan fingerprint density at radius 1 is 1.21 bits per heavy atom. The van der Waals surface area contributed by atoms with Gasteiger partial charge in [0.05, 0.1) is 24.9 Å². The summed E-state index contributed by atoms with van der Waals surface area (Å²) in [6.45, 7) is 3.13. The molecule has 0 aliphatic heterocycles. The molecule has 0 radical (unpaired) electrons. The van der Waals surface area contributed by atoms with Crippen molar-refractivity contribution in [2.24, 2.45) is 0 Å². The fraction of sp³-hybridized carbons (Fsp3) is 0.350. The van der Waals surface area contributed by atoms with Crippen molar-refractivity contribution < 1.29 is 19.0 Å². The van der Waals surface area contributed by atoms with Crippen LogP contribution < -0.4 is 10.3 Å².